The smallest absolute Gasteiger partial charge is 0.335 e. The van der Waals surface area contributed by atoms with Gasteiger partial charge in [-0.25, -0.2) is 4.79 Å². The van der Waals surface area contributed by atoms with Crippen molar-refractivity contribution in [2.75, 3.05) is 7.11 Å². The molecule has 0 amide bonds. The summed E-state index contributed by atoms with van der Waals surface area (Å²) < 4.78 is 9.31. The standard InChI is InChI=1S/C7H12O7.C2H6/c1-13-7-4(10)2(8)3(9)5(14-7)6(11)12;1-2/h2-5,7-10H,1H3,(H,11,12);1-2H3. The maximum absolute atomic E-state index is 10.5. The highest BCUT2D eigenvalue weighted by atomic mass is 16.7. The monoisotopic (exact) mass is 238 g/mol. The Labute approximate surface area is 93.2 Å². The van der Waals surface area contributed by atoms with E-state index in [9.17, 15) is 20.1 Å². The van der Waals surface area contributed by atoms with Gasteiger partial charge in [-0.15, -0.1) is 0 Å². The molecule has 0 radical (unpaired) electrons. The maximum Gasteiger partial charge on any atom is 0.335 e. The SMILES string of the molecule is CC.COC1OC(C(=O)O)C(O)C(O)C1O. The third kappa shape index (κ3) is 3.13. The normalized spacial score (nSPS) is 38.5. The molecule has 7 nitrogen and oxygen atoms in total. The molecule has 0 bridgehead atoms. The number of methoxy groups -OCH3 is 1. The summed E-state index contributed by atoms with van der Waals surface area (Å²) in [6.07, 6.45) is -7.60. The average molecular weight is 238 g/mol. The van der Waals surface area contributed by atoms with Crippen molar-refractivity contribution >= 4 is 5.97 Å². The van der Waals surface area contributed by atoms with Crippen LogP contribution in [0.3, 0.4) is 0 Å². The Balaban J connectivity index is 0.00000106. The van der Waals surface area contributed by atoms with Gasteiger partial charge >= 0.3 is 5.97 Å². The Morgan fingerprint density at radius 1 is 1.12 bits per heavy atom. The molecule has 1 fully saturated rings. The molecule has 1 aliphatic rings. The Morgan fingerprint density at radius 2 is 1.62 bits per heavy atom. The third-order valence-corrected chi connectivity index (χ3v) is 2.05. The molecule has 1 rings (SSSR count). The molecule has 5 atom stereocenters. The first-order valence-electron chi connectivity index (χ1n) is 4.94. The molecule has 5 unspecified atom stereocenters. The van der Waals surface area contributed by atoms with E-state index in [1.165, 1.54) is 7.11 Å². The van der Waals surface area contributed by atoms with E-state index in [1.807, 2.05) is 13.8 Å². The van der Waals surface area contributed by atoms with Crippen LogP contribution in [0.15, 0.2) is 0 Å². The van der Waals surface area contributed by atoms with Crippen molar-refractivity contribution in [2.45, 2.75) is 44.6 Å². The lowest BCUT2D eigenvalue weighted by Crippen LogP contribution is -2.60. The number of carbonyl (C=O) groups is 1. The van der Waals surface area contributed by atoms with Gasteiger partial charge in [-0.1, -0.05) is 13.8 Å². The largest absolute Gasteiger partial charge is 0.479 e. The van der Waals surface area contributed by atoms with E-state index in [4.69, 9.17) is 9.84 Å². The van der Waals surface area contributed by atoms with Gasteiger partial charge in [0.1, 0.15) is 18.3 Å². The van der Waals surface area contributed by atoms with Crippen molar-refractivity contribution in [3.8, 4) is 0 Å². The Hall–Kier alpha value is -0.730. The van der Waals surface area contributed by atoms with Gasteiger partial charge in [-0.3, -0.25) is 0 Å². The number of carboxylic acids is 1. The number of hydrogen-bond acceptors (Lipinski definition) is 6. The van der Waals surface area contributed by atoms with Crippen LogP contribution in [0.25, 0.3) is 0 Å². The predicted molar refractivity (Wildman–Crippen MR) is 52.7 cm³/mol. The lowest BCUT2D eigenvalue weighted by molar-refractivity contribution is -0.287. The van der Waals surface area contributed by atoms with E-state index >= 15 is 0 Å². The second-order valence-corrected chi connectivity index (χ2v) is 2.97. The van der Waals surface area contributed by atoms with Gasteiger partial charge in [0, 0.05) is 7.11 Å². The lowest BCUT2D eigenvalue weighted by Gasteiger charge is -2.37. The van der Waals surface area contributed by atoms with Crippen molar-refractivity contribution in [3.63, 3.8) is 0 Å². The summed E-state index contributed by atoms with van der Waals surface area (Å²) in [7, 11) is 1.19. The molecule has 1 saturated heterocycles. The number of ether oxygens (including phenoxy) is 2. The molecule has 16 heavy (non-hydrogen) atoms. The molecule has 0 aliphatic carbocycles. The summed E-state index contributed by atoms with van der Waals surface area (Å²) in [5.74, 6) is -1.43. The zero-order chi connectivity index (χ0) is 12.9. The van der Waals surface area contributed by atoms with Gasteiger partial charge < -0.3 is 29.9 Å². The molecule has 96 valence electrons. The van der Waals surface area contributed by atoms with Crippen LogP contribution >= 0.6 is 0 Å². The van der Waals surface area contributed by atoms with E-state index in [2.05, 4.69) is 4.74 Å². The van der Waals surface area contributed by atoms with E-state index in [1.54, 1.807) is 0 Å². The van der Waals surface area contributed by atoms with Gasteiger partial charge in [0.25, 0.3) is 0 Å². The fourth-order valence-electron chi connectivity index (χ4n) is 1.25. The first-order valence-corrected chi connectivity index (χ1v) is 4.94. The molecule has 0 aromatic rings. The summed E-state index contributed by atoms with van der Waals surface area (Å²) in [5, 5.41) is 36.3. The maximum atomic E-state index is 10.5. The fourth-order valence-corrected chi connectivity index (χ4v) is 1.25. The number of hydrogen-bond donors (Lipinski definition) is 4. The Morgan fingerprint density at radius 3 is 2.00 bits per heavy atom. The molecule has 0 aromatic carbocycles. The van der Waals surface area contributed by atoms with Crippen LogP contribution in [-0.2, 0) is 14.3 Å². The zero-order valence-corrected chi connectivity index (χ0v) is 9.40. The van der Waals surface area contributed by atoms with Gasteiger partial charge in [-0.05, 0) is 0 Å². The quantitative estimate of drug-likeness (QED) is 0.465. The highest BCUT2D eigenvalue weighted by Crippen LogP contribution is 2.21. The summed E-state index contributed by atoms with van der Waals surface area (Å²) in [5.41, 5.74) is 0. The minimum Gasteiger partial charge on any atom is -0.479 e. The summed E-state index contributed by atoms with van der Waals surface area (Å²) in [6.45, 7) is 4.00. The minimum atomic E-state index is -1.67. The molecule has 1 heterocycles. The first kappa shape index (κ1) is 15.3. The van der Waals surface area contributed by atoms with Crippen LogP contribution in [0.1, 0.15) is 13.8 Å². The van der Waals surface area contributed by atoms with E-state index in [0.717, 1.165) is 0 Å². The van der Waals surface area contributed by atoms with Gasteiger partial charge in [0.15, 0.2) is 12.4 Å². The lowest BCUT2D eigenvalue weighted by atomic mass is 9.99. The van der Waals surface area contributed by atoms with Crippen molar-refractivity contribution < 1.29 is 34.7 Å². The first-order chi connectivity index (χ1) is 7.49. The van der Waals surface area contributed by atoms with Crippen molar-refractivity contribution in [1.29, 1.82) is 0 Å². The van der Waals surface area contributed by atoms with Crippen LogP contribution in [0.2, 0.25) is 0 Å². The molecule has 7 heteroatoms. The van der Waals surface area contributed by atoms with Crippen LogP contribution in [0.4, 0.5) is 0 Å². The van der Waals surface area contributed by atoms with E-state index in [-0.39, 0.29) is 0 Å². The molecule has 4 N–H and O–H groups in total. The van der Waals surface area contributed by atoms with Crippen molar-refractivity contribution in [2.24, 2.45) is 0 Å². The second kappa shape index (κ2) is 6.77. The molecule has 1 aliphatic heterocycles. The zero-order valence-electron chi connectivity index (χ0n) is 9.40. The third-order valence-electron chi connectivity index (χ3n) is 2.05. The highest BCUT2D eigenvalue weighted by Gasteiger charge is 2.46. The number of aliphatic hydroxyl groups is 3. The summed E-state index contributed by atoms with van der Waals surface area (Å²) in [6, 6.07) is 0. The molecule has 0 aromatic heterocycles. The van der Waals surface area contributed by atoms with Gasteiger partial charge in [0.05, 0.1) is 0 Å². The minimum absolute atomic E-state index is 1.19. The van der Waals surface area contributed by atoms with Crippen LogP contribution < -0.4 is 0 Å². The Bertz CT molecular complexity index is 218. The van der Waals surface area contributed by atoms with Gasteiger partial charge in [0.2, 0.25) is 0 Å². The number of rotatable bonds is 2. The fraction of sp³-hybridized carbons (Fsp3) is 0.889. The molecular formula is C9H18O7. The van der Waals surface area contributed by atoms with Crippen LogP contribution in [0.5, 0.6) is 0 Å². The van der Waals surface area contributed by atoms with E-state index < -0.39 is 36.7 Å². The van der Waals surface area contributed by atoms with Crippen LogP contribution in [0, 0.1) is 0 Å². The average Bonchev–Trinajstić information content (AvgIpc) is 2.28. The second-order valence-electron chi connectivity index (χ2n) is 2.97. The highest BCUT2D eigenvalue weighted by molar-refractivity contribution is 5.73. The Kier molecular flexibility index (Phi) is 6.46. The van der Waals surface area contributed by atoms with E-state index in [0.29, 0.717) is 0 Å². The van der Waals surface area contributed by atoms with Crippen molar-refractivity contribution in [1.82, 2.24) is 0 Å². The molecular weight excluding hydrogens is 220 g/mol. The van der Waals surface area contributed by atoms with Crippen molar-refractivity contribution in [3.05, 3.63) is 0 Å². The predicted octanol–water partition coefficient (Wildman–Crippen LogP) is -1.45. The molecule has 0 saturated carbocycles. The van der Waals surface area contributed by atoms with Crippen LogP contribution in [-0.4, -0.2) is 64.2 Å². The van der Waals surface area contributed by atoms with Gasteiger partial charge in [-0.2, -0.15) is 0 Å². The summed E-state index contributed by atoms with van der Waals surface area (Å²) in [4.78, 5) is 10.5. The molecule has 0 spiro atoms. The number of aliphatic hydroxyl groups excluding tert-OH is 3. The number of aliphatic carboxylic acids is 1. The number of carboxylic acid groups (broad SMARTS) is 1. The summed E-state index contributed by atoms with van der Waals surface area (Å²) >= 11 is 0. The topological polar surface area (TPSA) is 116 Å².